The van der Waals surface area contributed by atoms with Crippen LogP contribution < -0.4 is 10.1 Å². The van der Waals surface area contributed by atoms with E-state index in [2.05, 4.69) is 5.32 Å². The van der Waals surface area contributed by atoms with Gasteiger partial charge in [-0.1, -0.05) is 54.3 Å². The highest BCUT2D eigenvalue weighted by Crippen LogP contribution is 2.19. The number of halogens is 1. The van der Waals surface area contributed by atoms with Gasteiger partial charge in [0.1, 0.15) is 11.8 Å². The molecule has 1 fully saturated rings. The third-order valence-electron chi connectivity index (χ3n) is 5.96. The van der Waals surface area contributed by atoms with E-state index in [4.69, 9.17) is 16.3 Å². The molecule has 0 unspecified atom stereocenters. The summed E-state index contributed by atoms with van der Waals surface area (Å²) in [4.78, 5) is 27.7. The summed E-state index contributed by atoms with van der Waals surface area (Å²) in [5, 5.41) is 3.79. The quantitative estimate of drug-likeness (QED) is 0.494. The number of nitrogens with one attached hydrogen (secondary N) is 1. The number of carbonyl (C=O) groups is 2. The Morgan fingerprint density at radius 3 is 2.41 bits per heavy atom. The number of benzene rings is 2. The van der Waals surface area contributed by atoms with Crippen molar-refractivity contribution in [1.82, 2.24) is 10.2 Å². The van der Waals surface area contributed by atoms with Crippen LogP contribution in [0.3, 0.4) is 0 Å². The Labute approximate surface area is 196 Å². The van der Waals surface area contributed by atoms with Crippen LogP contribution in [0.1, 0.15) is 56.6 Å². The number of aryl methyl sites for hydroxylation is 1. The number of rotatable bonds is 10. The molecule has 0 bridgehead atoms. The van der Waals surface area contributed by atoms with E-state index in [0.29, 0.717) is 31.0 Å². The maximum Gasteiger partial charge on any atom is 0.242 e. The van der Waals surface area contributed by atoms with Gasteiger partial charge in [0, 0.05) is 24.0 Å². The Morgan fingerprint density at radius 2 is 1.75 bits per heavy atom. The second-order valence-corrected chi connectivity index (χ2v) is 9.02. The van der Waals surface area contributed by atoms with Gasteiger partial charge in [0.25, 0.3) is 0 Å². The molecule has 5 nitrogen and oxygen atoms in total. The Kier molecular flexibility index (Phi) is 8.98. The first-order valence-electron chi connectivity index (χ1n) is 11.5. The summed E-state index contributed by atoms with van der Waals surface area (Å²) < 4.78 is 5.71. The van der Waals surface area contributed by atoms with Gasteiger partial charge in [-0.05, 0) is 62.9 Å². The monoisotopic (exact) mass is 456 g/mol. The highest BCUT2D eigenvalue weighted by atomic mass is 35.5. The molecule has 0 saturated heterocycles. The highest BCUT2D eigenvalue weighted by molar-refractivity contribution is 6.30. The fourth-order valence-electron chi connectivity index (χ4n) is 3.95. The Balaban J connectivity index is 1.59. The molecule has 6 heteroatoms. The molecule has 2 aromatic rings. The fraction of sp³-hybridized carbons (Fsp3) is 0.462. The van der Waals surface area contributed by atoms with E-state index in [1.54, 1.807) is 17.0 Å². The van der Waals surface area contributed by atoms with Gasteiger partial charge in [-0.3, -0.25) is 9.59 Å². The minimum Gasteiger partial charge on any atom is -0.494 e. The predicted octanol–water partition coefficient (Wildman–Crippen LogP) is 5.28. The Bertz CT molecular complexity index is 877. The molecule has 1 atom stereocenters. The average Bonchev–Trinajstić information content (AvgIpc) is 3.30. The molecule has 0 aliphatic heterocycles. The van der Waals surface area contributed by atoms with Gasteiger partial charge in [-0.2, -0.15) is 0 Å². The lowest BCUT2D eigenvalue weighted by Crippen LogP contribution is -2.49. The maximum absolute atomic E-state index is 13.1. The first-order chi connectivity index (χ1) is 15.4. The molecule has 32 heavy (non-hydrogen) atoms. The van der Waals surface area contributed by atoms with Crippen molar-refractivity contribution in [2.75, 3.05) is 6.61 Å². The number of hydrogen-bond donors (Lipinski definition) is 1. The molecule has 0 heterocycles. The molecule has 2 amide bonds. The normalized spacial score (nSPS) is 14.7. The van der Waals surface area contributed by atoms with Crippen molar-refractivity contribution < 1.29 is 14.3 Å². The third kappa shape index (κ3) is 7.27. The van der Waals surface area contributed by atoms with Crippen LogP contribution in [0.2, 0.25) is 5.02 Å². The summed E-state index contributed by atoms with van der Waals surface area (Å²) >= 11 is 5.89. The van der Waals surface area contributed by atoms with Crippen LogP contribution in [0, 0.1) is 6.92 Å². The summed E-state index contributed by atoms with van der Waals surface area (Å²) in [7, 11) is 0. The maximum atomic E-state index is 13.1. The summed E-state index contributed by atoms with van der Waals surface area (Å²) in [6.07, 6.45) is 5.24. The van der Waals surface area contributed by atoms with E-state index < -0.39 is 6.04 Å². The molecule has 1 aliphatic carbocycles. The first-order valence-corrected chi connectivity index (χ1v) is 11.8. The van der Waals surface area contributed by atoms with Gasteiger partial charge in [0.2, 0.25) is 11.8 Å². The zero-order valence-corrected chi connectivity index (χ0v) is 19.7. The molecule has 2 aromatic carbocycles. The molecular weight excluding hydrogens is 424 g/mol. The first kappa shape index (κ1) is 24.1. The predicted molar refractivity (Wildman–Crippen MR) is 128 cm³/mol. The van der Waals surface area contributed by atoms with Crippen LogP contribution in [-0.2, 0) is 16.1 Å². The third-order valence-corrected chi connectivity index (χ3v) is 6.21. The van der Waals surface area contributed by atoms with Gasteiger partial charge in [0.05, 0.1) is 6.61 Å². The Hall–Kier alpha value is -2.53. The lowest BCUT2D eigenvalue weighted by molar-refractivity contribution is -0.141. The average molecular weight is 457 g/mol. The summed E-state index contributed by atoms with van der Waals surface area (Å²) in [6, 6.07) is 15.0. The lowest BCUT2D eigenvalue weighted by atomic mass is 10.1. The van der Waals surface area contributed by atoms with Crippen molar-refractivity contribution in [3.05, 3.63) is 64.7 Å². The number of hydrogen-bond acceptors (Lipinski definition) is 3. The topological polar surface area (TPSA) is 58.6 Å². The van der Waals surface area contributed by atoms with Crippen molar-refractivity contribution in [1.29, 1.82) is 0 Å². The standard InChI is InChI=1S/C26H33ClN2O3/c1-19-9-11-21(12-10-19)18-29(20(2)26(31)28-23-6-3-4-7-23)25(30)8-5-17-32-24-15-13-22(27)14-16-24/h9-16,20,23H,3-8,17-18H2,1-2H3,(H,28,31)/t20-/m0/s1. The van der Waals surface area contributed by atoms with Gasteiger partial charge in [-0.25, -0.2) is 0 Å². The fourth-order valence-corrected chi connectivity index (χ4v) is 4.08. The van der Waals surface area contributed by atoms with Gasteiger partial charge in [0.15, 0.2) is 0 Å². The van der Waals surface area contributed by atoms with Crippen LogP contribution in [0.5, 0.6) is 5.75 Å². The van der Waals surface area contributed by atoms with E-state index in [1.807, 2.05) is 50.2 Å². The largest absolute Gasteiger partial charge is 0.494 e. The summed E-state index contributed by atoms with van der Waals surface area (Å²) in [5.74, 6) is 0.608. The number of amides is 2. The second kappa shape index (κ2) is 11.9. The molecule has 0 spiro atoms. The van der Waals surface area contributed by atoms with Gasteiger partial charge >= 0.3 is 0 Å². The van der Waals surface area contributed by atoms with E-state index in [9.17, 15) is 9.59 Å². The van der Waals surface area contributed by atoms with E-state index in [-0.39, 0.29) is 17.9 Å². The van der Waals surface area contributed by atoms with Crippen LogP contribution in [0.15, 0.2) is 48.5 Å². The summed E-state index contributed by atoms with van der Waals surface area (Å²) in [5.41, 5.74) is 2.18. The van der Waals surface area contributed by atoms with Crippen LogP contribution in [-0.4, -0.2) is 35.4 Å². The SMILES string of the molecule is Cc1ccc(CN(C(=O)CCCOc2ccc(Cl)cc2)[C@@H](C)C(=O)NC2CCCC2)cc1. The Morgan fingerprint density at radius 1 is 1.09 bits per heavy atom. The number of carbonyl (C=O) groups excluding carboxylic acids is 2. The van der Waals surface area contributed by atoms with Crippen molar-refractivity contribution >= 4 is 23.4 Å². The molecule has 3 rings (SSSR count). The minimum absolute atomic E-state index is 0.0423. The zero-order chi connectivity index (χ0) is 22.9. The molecule has 0 aromatic heterocycles. The van der Waals surface area contributed by atoms with Crippen LogP contribution >= 0.6 is 11.6 Å². The smallest absolute Gasteiger partial charge is 0.242 e. The van der Waals surface area contributed by atoms with Crippen molar-refractivity contribution in [2.45, 2.75) is 71.0 Å². The lowest BCUT2D eigenvalue weighted by Gasteiger charge is -2.30. The number of nitrogens with zero attached hydrogens (tertiary/aromatic N) is 1. The molecule has 1 N–H and O–H groups in total. The summed E-state index contributed by atoms with van der Waals surface area (Å²) in [6.45, 7) is 4.69. The molecular formula is C26H33ClN2O3. The van der Waals surface area contributed by atoms with E-state index >= 15 is 0 Å². The van der Waals surface area contributed by atoms with Crippen molar-refractivity contribution in [2.24, 2.45) is 0 Å². The molecule has 1 saturated carbocycles. The molecule has 0 radical (unpaired) electrons. The van der Waals surface area contributed by atoms with Crippen molar-refractivity contribution in [3.8, 4) is 5.75 Å². The highest BCUT2D eigenvalue weighted by Gasteiger charge is 2.28. The van der Waals surface area contributed by atoms with Crippen LogP contribution in [0.25, 0.3) is 0 Å². The van der Waals surface area contributed by atoms with Crippen molar-refractivity contribution in [3.63, 3.8) is 0 Å². The second-order valence-electron chi connectivity index (χ2n) is 8.58. The van der Waals surface area contributed by atoms with E-state index in [1.165, 1.54) is 0 Å². The van der Waals surface area contributed by atoms with E-state index in [0.717, 1.165) is 42.6 Å². The van der Waals surface area contributed by atoms with Gasteiger partial charge in [-0.15, -0.1) is 0 Å². The number of ether oxygens (including phenoxy) is 1. The minimum atomic E-state index is -0.526. The molecule has 1 aliphatic rings. The molecule has 172 valence electrons. The van der Waals surface area contributed by atoms with Gasteiger partial charge < -0.3 is 15.0 Å². The zero-order valence-electron chi connectivity index (χ0n) is 19.0. The van der Waals surface area contributed by atoms with Crippen LogP contribution in [0.4, 0.5) is 0 Å².